The van der Waals surface area contributed by atoms with Crippen molar-refractivity contribution in [2.45, 2.75) is 32.0 Å². The first-order valence-electron chi connectivity index (χ1n) is 13.1. The monoisotopic (exact) mass is 607 g/mol. The zero-order valence-corrected chi connectivity index (χ0v) is 24.0. The summed E-state index contributed by atoms with van der Waals surface area (Å²) in [4.78, 5) is 35.7. The fourth-order valence-corrected chi connectivity index (χ4v) is 5.42. The Morgan fingerprint density at radius 2 is 1.90 bits per heavy atom. The van der Waals surface area contributed by atoms with E-state index in [9.17, 15) is 9.59 Å². The first-order chi connectivity index (χ1) is 20.2. The van der Waals surface area contributed by atoms with E-state index in [-0.39, 0.29) is 23.6 Å². The van der Waals surface area contributed by atoms with E-state index in [0.717, 1.165) is 5.56 Å². The van der Waals surface area contributed by atoms with Gasteiger partial charge in [-0.2, -0.15) is 5.10 Å². The van der Waals surface area contributed by atoms with E-state index in [1.165, 1.54) is 34.0 Å². The van der Waals surface area contributed by atoms with Gasteiger partial charge in [0.25, 0.3) is 5.56 Å². The average molecular weight is 608 g/mol. The van der Waals surface area contributed by atoms with Crippen LogP contribution in [0, 0.1) is 5.92 Å². The van der Waals surface area contributed by atoms with Crippen LogP contribution in [0.25, 0.3) is 28.2 Å². The molecule has 3 atom stereocenters. The van der Waals surface area contributed by atoms with Gasteiger partial charge in [0, 0.05) is 35.5 Å². The van der Waals surface area contributed by atoms with E-state index >= 15 is 4.39 Å². The van der Waals surface area contributed by atoms with Crippen LogP contribution in [0.5, 0.6) is 0 Å². The summed E-state index contributed by atoms with van der Waals surface area (Å²) in [7, 11) is 1.75. The fourth-order valence-electron chi connectivity index (χ4n) is 5.12. The quantitative estimate of drug-likeness (QED) is 0.309. The molecule has 1 aromatic carbocycles. The predicted molar refractivity (Wildman–Crippen MR) is 155 cm³/mol. The summed E-state index contributed by atoms with van der Waals surface area (Å²) in [5.74, 6) is -1.37. The molecule has 1 N–H and O–H groups in total. The van der Waals surface area contributed by atoms with Crippen LogP contribution in [0.4, 0.5) is 10.1 Å². The minimum absolute atomic E-state index is 0.0186. The summed E-state index contributed by atoms with van der Waals surface area (Å²) in [5, 5.41) is 15.6. The number of benzene rings is 1. The molecule has 0 fully saturated rings. The second-order valence-electron chi connectivity index (χ2n) is 10.1. The molecule has 6 rings (SSSR count). The number of aromatic nitrogens is 8. The van der Waals surface area contributed by atoms with Crippen molar-refractivity contribution >= 4 is 34.8 Å². The zero-order valence-electron chi connectivity index (χ0n) is 22.4. The maximum absolute atomic E-state index is 15.3. The Morgan fingerprint density at radius 1 is 1.07 bits per heavy atom. The van der Waals surface area contributed by atoms with Gasteiger partial charge in [-0.15, -0.1) is 5.10 Å². The molecule has 14 heteroatoms. The maximum atomic E-state index is 15.3. The zero-order chi connectivity index (χ0) is 29.5. The van der Waals surface area contributed by atoms with Crippen molar-refractivity contribution in [1.29, 1.82) is 0 Å². The number of hydrogen-bond donors (Lipinski definition) is 1. The van der Waals surface area contributed by atoms with Crippen LogP contribution in [-0.4, -0.2) is 51.4 Å². The molecule has 1 aliphatic heterocycles. The van der Waals surface area contributed by atoms with Crippen LogP contribution >= 0.6 is 23.2 Å². The second-order valence-corrected chi connectivity index (χ2v) is 10.9. The Labute approximate surface area is 248 Å². The molecule has 5 aromatic rings. The number of alkyl halides is 1. The molecule has 5 heterocycles. The molecule has 214 valence electrons. The summed E-state index contributed by atoms with van der Waals surface area (Å²) in [6.45, 7) is 1.54. The van der Waals surface area contributed by atoms with Crippen molar-refractivity contribution in [2.24, 2.45) is 13.0 Å². The number of nitrogens with zero attached hydrogens (tertiary/aromatic N) is 8. The lowest BCUT2D eigenvalue weighted by Gasteiger charge is -2.24. The molecule has 0 saturated heterocycles. The van der Waals surface area contributed by atoms with E-state index in [4.69, 9.17) is 23.2 Å². The topological polar surface area (TPSA) is 125 Å². The fraction of sp³-hybridized carbons (Fsp3) is 0.250. The summed E-state index contributed by atoms with van der Waals surface area (Å²) >= 11 is 12.3. The van der Waals surface area contributed by atoms with E-state index in [0.29, 0.717) is 39.0 Å². The molecular weight excluding hydrogens is 584 g/mol. The number of anilines is 1. The van der Waals surface area contributed by atoms with E-state index in [2.05, 4.69) is 30.7 Å². The van der Waals surface area contributed by atoms with Gasteiger partial charge in [0.2, 0.25) is 5.91 Å². The third kappa shape index (κ3) is 5.19. The first-order valence-corrected chi connectivity index (χ1v) is 13.8. The third-order valence-electron chi connectivity index (χ3n) is 7.38. The van der Waals surface area contributed by atoms with Crippen LogP contribution in [0.3, 0.4) is 0 Å². The standard InChI is InChI=1S/C28H24Cl2FN9O2/c1-15-19(31)4-6-24(21-9-16(7-8-32-21)27-22(35-28(15)42)12-34-38(27)2)39-14-33-20(11-26(39)41)18-10-17(29)3-5-23(18)40-13-25(30)36-37-40/h3,5,7-15,19,24H,4,6H2,1-2H3,(H,35,42)/t15-,19?,24+/m1/s1. The number of amides is 1. The summed E-state index contributed by atoms with van der Waals surface area (Å²) in [5.41, 5.74) is 3.46. The third-order valence-corrected chi connectivity index (χ3v) is 7.79. The van der Waals surface area contributed by atoms with Crippen molar-refractivity contribution in [3.63, 3.8) is 0 Å². The number of fused-ring (bicyclic) bond motifs is 4. The molecule has 1 aliphatic rings. The number of aryl methyl sites for hydroxylation is 1. The molecule has 0 saturated carbocycles. The number of rotatable bonds is 3. The lowest BCUT2D eigenvalue weighted by atomic mass is 9.95. The lowest BCUT2D eigenvalue weighted by molar-refractivity contribution is -0.121. The number of carbonyl (C=O) groups is 1. The molecule has 42 heavy (non-hydrogen) atoms. The van der Waals surface area contributed by atoms with Gasteiger partial charge < -0.3 is 5.32 Å². The van der Waals surface area contributed by atoms with Crippen LogP contribution in [-0.2, 0) is 11.8 Å². The van der Waals surface area contributed by atoms with Crippen LogP contribution in [0.15, 0.2) is 66.1 Å². The minimum atomic E-state index is -1.46. The minimum Gasteiger partial charge on any atom is -0.323 e. The second kappa shape index (κ2) is 11.1. The van der Waals surface area contributed by atoms with Gasteiger partial charge in [0.1, 0.15) is 6.17 Å². The Balaban J connectivity index is 1.45. The molecule has 0 radical (unpaired) electrons. The molecule has 0 aliphatic carbocycles. The predicted octanol–water partition coefficient (Wildman–Crippen LogP) is 4.89. The van der Waals surface area contributed by atoms with Gasteiger partial charge >= 0.3 is 0 Å². The van der Waals surface area contributed by atoms with Gasteiger partial charge in [-0.1, -0.05) is 35.3 Å². The summed E-state index contributed by atoms with van der Waals surface area (Å²) in [6.07, 6.45) is 4.86. The molecule has 2 bridgehead atoms. The highest BCUT2D eigenvalue weighted by Crippen LogP contribution is 2.33. The number of nitrogens with one attached hydrogen (secondary N) is 1. The van der Waals surface area contributed by atoms with E-state index < -0.39 is 24.0 Å². The Kier molecular flexibility index (Phi) is 7.33. The van der Waals surface area contributed by atoms with Crippen molar-refractivity contribution in [3.05, 3.63) is 87.5 Å². The van der Waals surface area contributed by atoms with Gasteiger partial charge in [-0.3, -0.25) is 23.8 Å². The number of halogens is 3. The molecule has 1 unspecified atom stereocenters. The average Bonchev–Trinajstić information content (AvgIpc) is 3.57. The smallest absolute Gasteiger partial charge is 0.254 e. The van der Waals surface area contributed by atoms with Crippen molar-refractivity contribution < 1.29 is 9.18 Å². The highest BCUT2D eigenvalue weighted by atomic mass is 35.5. The lowest BCUT2D eigenvalue weighted by Crippen LogP contribution is -2.31. The van der Waals surface area contributed by atoms with E-state index in [1.54, 1.807) is 49.1 Å². The Bertz CT molecular complexity index is 1870. The first kappa shape index (κ1) is 27.7. The molecule has 0 spiro atoms. The molecule has 1 amide bonds. The van der Waals surface area contributed by atoms with Crippen LogP contribution in [0.1, 0.15) is 31.5 Å². The van der Waals surface area contributed by atoms with Gasteiger partial charge in [0.15, 0.2) is 5.15 Å². The SMILES string of the molecule is C[C@H]1C(=O)Nc2cnn(C)c2-c2ccnc(c2)[C@@H](n2cnc(-c3cc(Cl)ccc3-n3cc(Cl)nn3)cc2=O)CCC1F. The van der Waals surface area contributed by atoms with E-state index in [1.807, 2.05) is 6.07 Å². The highest BCUT2D eigenvalue weighted by Gasteiger charge is 2.29. The van der Waals surface area contributed by atoms with Crippen molar-refractivity contribution in [1.82, 2.24) is 39.3 Å². The van der Waals surface area contributed by atoms with Crippen molar-refractivity contribution in [3.8, 4) is 28.2 Å². The Hall–Kier alpha value is -4.42. The maximum Gasteiger partial charge on any atom is 0.254 e. The highest BCUT2D eigenvalue weighted by molar-refractivity contribution is 6.31. The van der Waals surface area contributed by atoms with Gasteiger partial charge in [0.05, 0.1) is 59.1 Å². The Morgan fingerprint density at radius 3 is 2.67 bits per heavy atom. The molecular formula is C28H24Cl2FN9O2. The molecule has 4 aromatic heterocycles. The largest absolute Gasteiger partial charge is 0.323 e. The number of carbonyl (C=O) groups excluding carboxylic acids is 1. The van der Waals surface area contributed by atoms with Crippen LogP contribution < -0.4 is 10.9 Å². The summed E-state index contributed by atoms with van der Waals surface area (Å²) in [6, 6.07) is 9.42. The summed E-state index contributed by atoms with van der Waals surface area (Å²) < 4.78 is 19.9. The van der Waals surface area contributed by atoms with Crippen LogP contribution in [0.2, 0.25) is 10.2 Å². The number of pyridine rings is 1. The number of hydrogen-bond acceptors (Lipinski definition) is 7. The van der Waals surface area contributed by atoms with Gasteiger partial charge in [-0.05, 0) is 43.2 Å². The normalized spacial score (nSPS) is 19.0. The van der Waals surface area contributed by atoms with Gasteiger partial charge in [-0.25, -0.2) is 14.1 Å². The van der Waals surface area contributed by atoms with Crippen molar-refractivity contribution in [2.75, 3.05) is 5.32 Å². The molecule has 11 nitrogen and oxygen atoms in total.